The number of rotatable bonds is 5. The summed E-state index contributed by atoms with van der Waals surface area (Å²) in [5.74, 6) is 1.42. The Bertz CT molecular complexity index is 866. The van der Waals surface area contributed by atoms with Crippen LogP contribution in [-0.2, 0) is 0 Å². The number of urea groups is 1. The normalized spacial score (nSPS) is 15.7. The minimum Gasteiger partial charge on any atom is -0.497 e. The van der Waals surface area contributed by atoms with Gasteiger partial charge in [0.05, 0.1) is 19.9 Å². The van der Waals surface area contributed by atoms with Gasteiger partial charge in [0.25, 0.3) is 0 Å². The number of aryl methyl sites for hydroxylation is 1. The number of methoxy groups -OCH3 is 2. The van der Waals surface area contributed by atoms with E-state index in [0.29, 0.717) is 29.5 Å². The van der Waals surface area contributed by atoms with Crippen LogP contribution in [0, 0.1) is 6.92 Å². The van der Waals surface area contributed by atoms with E-state index < -0.39 is 0 Å². The van der Waals surface area contributed by atoms with Crippen LogP contribution in [0.25, 0.3) is 0 Å². The molecular formula is C22H28ClN3O3. The fourth-order valence-electron chi connectivity index (χ4n) is 3.55. The summed E-state index contributed by atoms with van der Waals surface area (Å²) in [7, 11) is 3.24. The second-order valence-electron chi connectivity index (χ2n) is 7.21. The molecule has 6 nitrogen and oxygen atoms in total. The van der Waals surface area contributed by atoms with Gasteiger partial charge in [0.2, 0.25) is 0 Å². The Kier molecular flexibility index (Phi) is 6.87. The lowest BCUT2D eigenvalue weighted by atomic mass is 10.1. The zero-order valence-electron chi connectivity index (χ0n) is 17.4. The van der Waals surface area contributed by atoms with Crippen LogP contribution in [0.15, 0.2) is 36.4 Å². The molecule has 29 heavy (non-hydrogen) atoms. The van der Waals surface area contributed by atoms with Crippen LogP contribution < -0.4 is 14.8 Å². The lowest BCUT2D eigenvalue weighted by molar-refractivity contribution is 0.119. The third-order valence-electron chi connectivity index (χ3n) is 5.45. The molecule has 1 N–H and O–H groups in total. The maximum absolute atomic E-state index is 12.8. The molecule has 156 valence electrons. The molecule has 0 spiro atoms. The van der Waals surface area contributed by atoms with Crippen molar-refractivity contribution in [1.82, 2.24) is 9.80 Å². The standard InChI is InChI=1S/C22H28ClN3O3/c1-15-12-20(21(29-4)14-19(15)23)24-22(27)26-10-8-25(9-11-26)16(2)17-6-5-7-18(13-17)28-3/h5-7,12-14,16H,8-11H2,1-4H3,(H,24,27). The van der Waals surface area contributed by atoms with E-state index in [1.54, 1.807) is 20.3 Å². The van der Waals surface area contributed by atoms with Gasteiger partial charge in [-0.05, 0) is 43.2 Å². The number of anilines is 1. The maximum atomic E-state index is 12.8. The fourth-order valence-corrected chi connectivity index (χ4v) is 3.70. The number of piperazine rings is 1. The Labute approximate surface area is 177 Å². The molecule has 1 aliphatic heterocycles. The lowest BCUT2D eigenvalue weighted by Crippen LogP contribution is -2.50. The number of hydrogen-bond donors (Lipinski definition) is 1. The number of amides is 2. The summed E-state index contributed by atoms with van der Waals surface area (Å²) < 4.78 is 10.7. The van der Waals surface area contributed by atoms with Crippen molar-refractivity contribution in [2.45, 2.75) is 19.9 Å². The van der Waals surface area contributed by atoms with Crippen LogP contribution in [0.2, 0.25) is 5.02 Å². The highest BCUT2D eigenvalue weighted by Crippen LogP contribution is 2.31. The van der Waals surface area contributed by atoms with Crippen molar-refractivity contribution in [3.8, 4) is 11.5 Å². The number of ether oxygens (including phenoxy) is 2. The van der Waals surface area contributed by atoms with E-state index in [4.69, 9.17) is 21.1 Å². The van der Waals surface area contributed by atoms with Crippen molar-refractivity contribution >= 4 is 23.3 Å². The van der Waals surface area contributed by atoms with Gasteiger partial charge in [0.15, 0.2) is 0 Å². The van der Waals surface area contributed by atoms with Gasteiger partial charge in [0.1, 0.15) is 11.5 Å². The Morgan fingerprint density at radius 1 is 1.10 bits per heavy atom. The number of nitrogens with one attached hydrogen (secondary N) is 1. The first-order chi connectivity index (χ1) is 13.9. The average molecular weight is 418 g/mol. The first kappa shape index (κ1) is 21.3. The Morgan fingerprint density at radius 3 is 2.48 bits per heavy atom. The molecule has 0 aromatic heterocycles. The molecule has 1 heterocycles. The van der Waals surface area contributed by atoms with Gasteiger partial charge in [-0.2, -0.15) is 0 Å². The first-order valence-electron chi connectivity index (χ1n) is 9.71. The van der Waals surface area contributed by atoms with E-state index in [0.717, 1.165) is 24.4 Å². The van der Waals surface area contributed by atoms with E-state index in [9.17, 15) is 4.79 Å². The molecule has 2 aromatic carbocycles. The average Bonchev–Trinajstić information content (AvgIpc) is 2.75. The molecule has 3 rings (SSSR count). The third-order valence-corrected chi connectivity index (χ3v) is 5.85. The molecule has 7 heteroatoms. The number of benzene rings is 2. The molecule has 2 amide bonds. The number of nitrogens with zero attached hydrogens (tertiary/aromatic N) is 2. The van der Waals surface area contributed by atoms with Gasteiger partial charge in [-0.25, -0.2) is 4.79 Å². The molecule has 1 fully saturated rings. The van der Waals surface area contributed by atoms with Crippen LogP contribution in [0.4, 0.5) is 10.5 Å². The van der Waals surface area contributed by atoms with Crippen LogP contribution in [-0.4, -0.2) is 56.2 Å². The minimum atomic E-state index is -0.126. The molecule has 1 atom stereocenters. The van der Waals surface area contributed by atoms with Crippen LogP contribution in [0.3, 0.4) is 0 Å². The smallest absolute Gasteiger partial charge is 0.322 e. The molecular weight excluding hydrogens is 390 g/mol. The molecule has 2 aromatic rings. The zero-order valence-corrected chi connectivity index (χ0v) is 18.1. The second kappa shape index (κ2) is 9.37. The number of halogens is 1. The van der Waals surface area contributed by atoms with Crippen LogP contribution >= 0.6 is 11.6 Å². The summed E-state index contributed by atoms with van der Waals surface area (Å²) in [5, 5.41) is 3.57. The summed E-state index contributed by atoms with van der Waals surface area (Å²) in [4.78, 5) is 17.0. The van der Waals surface area contributed by atoms with Gasteiger partial charge in [-0.3, -0.25) is 4.90 Å². The third kappa shape index (κ3) is 4.95. The van der Waals surface area contributed by atoms with Crippen molar-refractivity contribution < 1.29 is 14.3 Å². The largest absolute Gasteiger partial charge is 0.497 e. The van der Waals surface area contributed by atoms with Gasteiger partial charge in [-0.15, -0.1) is 0 Å². The molecule has 0 bridgehead atoms. The SMILES string of the molecule is COc1cccc(C(C)N2CCN(C(=O)Nc3cc(C)c(Cl)cc3OC)CC2)c1. The van der Waals surface area contributed by atoms with Crippen molar-refractivity contribution in [3.63, 3.8) is 0 Å². The highest BCUT2D eigenvalue weighted by atomic mass is 35.5. The van der Waals surface area contributed by atoms with E-state index >= 15 is 0 Å². The summed E-state index contributed by atoms with van der Waals surface area (Å²) in [5.41, 5.74) is 2.73. The molecule has 0 aliphatic carbocycles. The van der Waals surface area contributed by atoms with E-state index in [2.05, 4.69) is 29.3 Å². The molecule has 1 aliphatic rings. The van der Waals surface area contributed by atoms with E-state index in [1.165, 1.54) is 5.56 Å². The van der Waals surface area contributed by atoms with E-state index in [-0.39, 0.29) is 12.1 Å². The van der Waals surface area contributed by atoms with Crippen LogP contribution in [0.5, 0.6) is 11.5 Å². The number of carbonyl (C=O) groups is 1. The monoisotopic (exact) mass is 417 g/mol. The fraction of sp³-hybridized carbons (Fsp3) is 0.409. The highest BCUT2D eigenvalue weighted by molar-refractivity contribution is 6.31. The van der Waals surface area contributed by atoms with Gasteiger partial charge in [0, 0.05) is 43.3 Å². The minimum absolute atomic E-state index is 0.126. The molecule has 1 saturated heterocycles. The predicted octanol–water partition coefficient (Wildman–Crippen LogP) is 4.58. The topological polar surface area (TPSA) is 54.0 Å². The van der Waals surface area contributed by atoms with Crippen molar-refractivity contribution in [3.05, 3.63) is 52.5 Å². The van der Waals surface area contributed by atoms with E-state index in [1.807, 2.05) is 30.0 Å². The maximum Gasteiger partial charge on any atom is 0.322 e. The molecule has 1 unspecified atom stereocenters. The number of hydrogen-bond acceptors (Lipinski definition) is 4. The summed E-state index contributed by atoms with van der Waals surface area (Å²) >= 11 is 6.15. The highest BCUT2D eigenvalue weighted by Gasteiger charge is 2.25. The Balaban J connectivity index is 1.60. The van der Waals surface area contributed by atoms with Crippen molar-refractivity contribution in [2.75, 3.05) is 45.7 Å². The summed E-state index contributed by atoms with van der Waals surface area (Å²) in [6.45, 7) is 7.03. The Hall–Kier alpha value is -2.44. The van der Waals surface area contributed by atoms with Crippen LogP contribution in [0.1, 0.15) is 24.1 Å². The first-order valence-corrected chi connectivity index (χ1v) is 10.1. The second-order valence-corrected chi connectivity index (χ2v) is 7.61. The summed E-state index contributed by atoms with van der Waals surface area (Å²) in [6.07, 6.45) is 0. The van der Waals surface area contributed by atoms with Crippen molar-refractivity contribution in [2.24, 2.45) is 0 Å². The number of carbonyl (C=O) groups excluding carboxylic acids is 1. The summed E-state index contributed by atoms with van der Waals surface area (Å²) in [6, 6.07) is 11.8. The Morgan fingerprint density at radius 2 is 1.83 bits per heavy atom. The van der Waals surface area contributed by atoms with Gasteiger partial charge >= 0.3 is 6.03 Å². The van der Waals surface area contributed by atoms with Crippen molar-refractivity contribution in [1.29, 1.82) is 0 Å². The zero-order chi connectivity index (χ0) is 21.0. The van der Waals surface area contributed by atoms with Gasteiger partial charge < -0.3 is 19.7 Å². The quantitative estimate of drug-likeness (QED) is 0.773. The molecule has 0 saturated carbocycles. The van der Waals surface area contributed by atoms with Gasteiger partial charge in [-0.1, -0.05) is 23.7 Å². The molecule has 0 radical (unpaired) electrons. The predicted molar refractivity (Wildman–Crippen MR) is 116 cm³/mol. The lowest BCUT2D eigenvalue weighted by Gasteiger charge is -2.38.